The fraction of sp³-hybridized carbons (Fsp3) is 0.667. The number of carbonyl (C=O) groups excluding carboxylic acids is 2. The van der Waals surface area contributed by atoms with Crippen molar-refractivity contribution in [2.45, 2.75) is 74.1 Å². The highest BCUT2D eigenvalue weighted by atomic mass is 19.1. The van der Waals surface area contributed by atoms with Crippen molar-refractivity contribution in [1.29, 1.82) is 0 Å². The Labute approximate surface area is 204 Å². The van der Waals surface area contributed by atoms with E-state index >= 15 is 0 Å². The number of Topliss-reactive ketones (excluding diaryl/α,β-unsaturated/α-hetero) is 1. The monoisotopic (exact) mass is 469 g/mol. The Bertz CT molecular complexity index is 558. The number of piperidine rings is 1. The van der Waals surface area contributed by atoms with Gasteiger partial charge in [0.25, 0.3) is 0 Å². The molecule has 1 fully saturated rings. The van der Waals surface area contributed by atoms with Crippen LogP contribution in [0, 0.1) is 5.92 Å². The van der Waals surface area contributed by atoms with Gasteiger partial charge in [0.2, 0.25) is 0 Å². The zero-order valence-corrected chi connectivity index (χ0v) is 23.1. The minimum Gasteiger partial charge on any atom is -0.323 e. The third-order valence-corrected chi connectivity index (χ3v) is 4.25. The van der Waals surface area contributed by atoms with Gasteiger partial charge in [-0.15, -0.1) is 6.58 Å². The second kappa shape index (κ2) is 30.1. The van der Waals surface area contributed by atoms with Gasteiger partial charge in [-0.1, -0.05) is 39.8 Å². The number of likely N-dealkylation sites (tertiary alicyclic amines) is 1. The van der Waals surface area contributed by atoms with Gasteiger partial charge in [-0.3, -0.25) is 14.7 Å². The molecule has 0 spiro atoms. The van der Waals surface area contributed by atoms with Crippen molar-refractivity contribution >= 4 is 17.8 Å². The van der Waals surface area contributed by atoms with Gasteiger partial charge in [0, 0.05) is 31.6 Å². The van der Waals surface area contributed by atoms with Crippen LogP contribution in [-0.2, 0) is 9.59 Å². The molecule has 0 aliphatic carbocycles. The van der Waals surface area contributed by atoms with E-state index in [0.29, 0.717) is 17.8 Å². The van der Waals surface area contributed by atoms with E-state index in [-0.39, 0.29) is 11.7 Å². The van der Waals surface area contributed by atoms with Crippen molar-refractivity contribution in [1.82, 2.24) is 10.2 Å². The molecule has 0 saturated carbocycles. The summed E-state index contributed by atoms with van der Waals surface area (Å²) < 4.78 is 12.6. The number of ketones is 1. The van der Waals surface area contributed by atoms with Crippen LogP contribution >= 0.6 is 0 Å². The molecule has 5 nitrogen and oxygen atoms in total. The van der Waals surface area contributed by atoms with Crippen LogP contribution in [0.25, 0.3) is 0 Å². The smallest absolute Gasteiger partial charge is 0.133 e. The topological polar surface area (TPSA) is 61.8 Å². The van der Waals surface area contributed by atoms with Gasteiger partial charge in [0.15, 0.2) is 0 Å². The Hall–Kier alpha value is -1.92. The molecule has 194 valence electrons. The van der Waals surface area contributed by atoms with Crippen molar-refractivity contribution in [2.75, 3.05) is 40.8 Å². The summed E-state index contributed by atoms with van der Waals surface area (Å²) in [6, 6.07) is 0. The Morgan fingerprint density at radius 1 is 1.12 bits per heavy atom. The van der Waals surface area contributed by atoms with Crippen LogP contribution in [0.2, 0.25) is 0 Å². The number of aldehydes is 1. The molecule has 0 amide bonds. The van der Waals surface area contributed by atoms with Gasteiger partial charge in [0.1, 0.15) is 17.9 Å². The normalized spacial score (nSPS) is 13.5. The van der Waals surface area contributed by atoms with Crippen molar-refractivity contribution in [3.8, 4) is 0 Å². The molecule has 1 aliphatic rings. The molecule has 0 aromatic rings. The molecule has 1 aliphatic heterocycles. The number of aliphatic imine (C=N–C) groups is 1. The molecule has 6 heteroatoms. The molecule has 0 aromatic carbocycles. The summed E-state index contributed by atoms with van der Waals surface area (Å²) in [6.45, 7) is 19.3. The second-order valence-electron chi connectivity index (χ2n) is 7.10. The Morgan fingerprint density at radius 3 is 1.94 bits per heavy atom. The molecule has 0 unspecified atom stereocenters. The van der Waals surface area contributed by atoms with Gasteiger partial charge in [-0.25, -0.2) is 4.39 Å². The maximum atomic E-state index is 12.6. The highest BCUT2D eigenvalue weighted by Gasteiger charge is 2.22. The first kappa shape index (κ1) is 38.3. The first-order valence-corrected chi connectivity index (χ1v) is 12.1. The van der Waals surface area contributed by atoms with Crippen LogP contribution in [-0.4, -0.2) is 63.5 Å². The number of hydrogen-bond acceptors (Lipinski definition) is 5. The number of carbonyl (C=O) groups is 2. The third-order valence-electron chi connectivity index (χ3n) is 4.25. The van der Waals surface area contributed by atoms with Crippen LogP contribution in [0.5, 0.6) is 0 Å². The van der Waals surface area contributed by atoms with Crippen LogP contribution in [0.3, 0.4) is 0 Å². The molecule has 1 heterocycles. The Morgan fingerprint density at radius 2 is 1.61 bits per heavy atom. The predicted octanol–water partition coefficient (Wildman–Crippen LogP) is 6.22. The van der Waals surface area contributed by atoms with E-state index < -0.39 is 0 Å². The lowest BCUT2D eigenvalue weighted by molar-refractivity contribution is -0.122. The van der Waals surface area contributed by atoms with E-state index in [1.54, 1.807) is 40.0 Å². The van der Waals surface area contributed by atoms with Crippen LogP contribution in [0.4, 0.5) is 4.39 Å². The zero-order chi connectivity index (χ0) is 26.7. The fourth-order valence-electron chi connectivity index (χ4n) is 2.51. The summed E-state index contributed by atoms with van der Waals surface area (Å²) in [6.07, 6.45) is 8.86. The fourth-order valence-corrected chi connectivity index (χ4v) is 2.51. The lowest BCUT2D eigenvalue weighted by Gasteiger charge is -2.30. The molecule has 1 rings (SSSR count). The Balaban J connectivity index is -0.000000212. The summed E-state index contributed by atoms with van der Waals surface area (Å²) in [5.74, 6) is 0.392. The van der Waals surface area contributed by atoms with E-state index in [4.69, 9.17) is 0 Å². The standard InChI is InChI=1S/C12H20N2O2.C9H13F.C2H7N.2C2H6/c1-10(16)11-3-6-14(7-4-11)9-12(13-2)5-8-15;1-4-5-6-7-9(10)8(2)3;1-3-2;2*1-2/h8,11H,3-7,9H2,1-2H3;4,6-7H,1,5H2,2-3H3;3H,1-2H3;2*1-2H3. The molecular formula is C27H52FN3O2. The quantitative estimate of drug-likeness (QED) is 0.198. The van der Waals surface area contributed by atoms with Gasteiger partial charge in [-0.2, -0.15) is 0 Å². The first-order valence-electron chi connectivity index (χ1n) is 12.1. The average molecular weight is 470 g/mol. The van der Waals surface area contributed by atoms with Crippen LogP contribution in [0.15, 0.2) is 41.2 Å². The minimum absolute atomic E-state index is 0.151. The number of nitrogens with zero attached hydrogens (tertiary/aromatic N) is 2. The highest BCUT2D eigenvalue weighted by molar-refractivity contribution is 5.95. The summed E-state index contributed by atoms with van der Waals surface area (Å²) in [5, 5.41) is 2.75. The maximum Gasteiger partial charge on any atom is 0.133 e. The molecule has 0 radical (unpaired) electrons. The van der Waals surface area contributed by atoms with Crippen LogP contribution < -0.4 is 5.32 Å². The second-order valence-corrected chi connectivity index (χ2v) is 7.10. The van der Waals surface area contributed by atoms with Gasteiger partial charge in [0.05, 0.1) is 0 Å². The van der Waals surface area contributed by atoms with Crippen molar-refractivity contribution in [2.24, 2.45) is 10.9 Å². The highest BCUT2D eigenvalue weighted by Crippen LogP contribution is 2.17. The Kier molecular flexibility index (Phi) is 35.0. The number of rotatable bonds is 8. The number of halogens is 1. The predicted molar refractivity (Wildman–Crippen MR) is 145 cm³/mol. The van der Waals surface area contributed by atoms with E-state index in [9.17, 15) is 14.0 Å². The minimum atomic E-state index is -0.151. The van der Waals surface area contributed by atoms with E-state index in [1.165, 1.54) is 6.08 Å². The summed E-state index contributed by atoms with van der Waals surface area (Å²) in [7, 11) is 5.47. The van der Waals surface area contributed by atoms with Crippen molar-refractivity contribution < 1.29 is 14.0 Å². The molecule has 1 saturated heterocycles. The summed E-state index contributed by atoms with van der Waals surface area (Å²) in [4.78, 5) is 28.0. The zero-order valence-electron chi connectivity index (χ0n) is 23.1. The van der Waals surface area contributed by atoms with Crippen LogP contribution in [0.1, 0.15) is 74.1 Å². The SMILES string of the molecule is C=CCC=CC(F)=C(C)C.CC.CC.CN=C(CC=O)CN1CCC(C(C)=O)CC1.CNC. The lowest BCUT2D eigenvalue weighted by Crippen LogP contribution is -2.39. The number of nitrogens with one attached hydrogen (secondary N) is 1. The molecule has 0 aromatic heterocycles. The third kappa shape index (κ3) is 26.2. The van der Waals surface area contributed by atoms with E-state index in [2.05, 4.69) is 21.8 Å². The summed E-state index contributed by atoms with van der Waals surface area (Å²) in [5.41, 5.74) is 1.64. The van der Waals surface area contributed by atoms with E-state index in [0.717, 1.165) is 50.9 Å². The molecule has 0 bridgehead atoms. The molecular weight excluding hydrogens is 417 g/mol. The van der Waals surface area contributed by atoms with Crippen molar-refractivity contribution in [3.05, 3.63) is 36.2 Å². The maximum absolute atomic E-state index is 12.6. The molecule has 33 heavy (non-hydrogen) atoms. The van der Waals surface area contributed by atoms with E-state index in [1.807, 2.05) is 41.8 Å². The van der Waals surface area contributed by atoms with Gasteiger partial charge < -0.3 is 10.1 Å². The van der Waals surface area contributed by atoms with Crippen molar-refractivity contribution in [3.63, 3.8) is 0 Å². The number of hydrogen-bond donors (Lipinski definition) is 1. The molecule has 1 N–H and O–H groups in total. The van der Waals surface area contributed by atoms with Gasteiger partial charge in [-0.05, 0) is 78.9 Å². The average Bonchev–Trinajstić information content (AvgIpc) is 2.82. The first-order chi connectivity index (χ1) is 15.8. The lowest BCUT2D eigenvalue weighted by atomic mass is 9.93. The largest absolute Gasteiger partial charge is 0.323 e. The van der Waals surface area contributed by atoms with Gasteiger partial charge >= 0.3 is 0 Å². The molecule has 0 atom stereocenters. The summed E-state index contributed by atoms with van der Waals surface area (Å²) >= 11 is 0. The number of allylic oxidation sites excluding steroid dienone is 5.